The largest absolute Gasteiger partial charge is 0.480 e. The Labute approximate surface area is 202 Å². The standard InChI is InChI=1S/C24H19BrINO4/c25-21-10-9-15(26)11-14(21)12-22(23(28)29)27-24(30)31-13-20-18-7-3-1-5-16(18)17-6-2-4-8-19(17)20/h1-11,20,22H,12-13H2,(H,27,30)(H,28,29). The van der Waals surface area contributed by atoms with Gasteiger partial charge in [0.05, 0.1) is 0 Å². The molecule has 7 heteroatoms. The molecular formula is C24H19BrINO4. The fourth-order valence-corrected chi connectivity index (χ4v) is 4.87. The number of ether oxygens (including phenoxy) is 1. The van der Waals surface area contributed by atoms with Gasteiger partial charge in [0.2, 0.25) is 0 Å². The number of carboxylic acids is 1. The Bertz CT molecular complexity index is 1100. The van der Waals surface area contributed by atoms with E-state index in [4.69, 9.17) is 4.74 Å². The van der Waals surface area contributed by atoms with Crippen LogP contribution in [-0.2, 0) is 16.0 Å². The molecule has 0 fully saturated rings. The molecule has 0 saturated carbocycles. The van der Waals surface area contributed by atoms with Crippen LogP contribution in [0.2, 0.25) is 0 Å². The van der Waals surface area contributed by atoms with Crippen molar-refractivity contribution in [2.75, 3.05) is 6.61 Å². The third-order valence-corrected chi connectivity index (χ3v) is 6.81. The predicted molar refractivity (Wildman–Crippen MR) is 130 cm³/mol. The van der Waals surface area contributed by atoms with Crippen molar-refractivity contribution in [2.45, 2.75) is 18.4 Å². The van der Waals surface area contributed by atoms with Gasteiger partial charge in [0.1, 0.15) is 12.6 Å². The number of alkyl carbamates (subject to hydrolysis) is 1. The number of hydrogen-bond acceptors (Lipinski definition) is 3. The molecule has 0 heterocycles. The highest BCUT2D eigenvalue weighted by molar-refractivity contribution is 14.1. The maximum atomic E-state index is 12.5. The third-order valence-electron chi connectivity index (χ3n) is 5.37. The molecule has 0 radical (unpaired) electrons. The second-order valence-corrected chi connectivity index (χ2v) is 9.40. The molecule has 0 saturated heterocycles. The van der Waals surface area contributed by atoms with Gasteiger partial charge in [-0.3, -0.25) is 0 Å². The van der Waals surface area contributed by atoms with Gasteiger partial charge in [-0.15, -0.1) is 0 Å². The monoisotopic (exact) mass is 591 g/mol. The first-order chi connectivity index (χ1) is 14.9. The average molecular weight is 592 g/mol. The molecule has 31 heavy (non-hydrogen) atoms. The first-order valence-corrected chi connectivity index (χ1v) is 11.6. The Hall–Kier alpha value is -2.39. The first-order valence-electron chi connectivity index (χ1n) is 9.72. The Morgan fingerprint density at radius 2 is 1.65 bits per heavy atom. The quantitative estimate of drug-likeness (QED) is 0.367. The van der Waals surface area contributed by atoms with E-state index < -0.39 is 18.1 Å². The van der Waals surface area contributed by atoms with Crippen molar-refractivity contribution in [1.82, 2.24) is 5.32 Å². The van der Waals surface area contributed by atoms with E-state index >= 15 is 0 Å². The van der Waals surface area contributed by atoms with Crippen molar-refractivity contribution in [1.29, 1.82) is 0 Å². The molecule has 1 aliphatic carbocycles. The number of carbonyl (C=O) groups excluding carboxylic acids is 1. The lowest BCUT2D eigenvalue weighted by atomic mass is 9.98. The van der Waals surface area contributed by atoms with Gasteiger partial charge in [-0.1, -0.05) is 64.5 Å². The fraction of sp³-hybridized carbons (Fsp3) is 0.167. The Morgan fingerprint density at radius 3 is 2.26 bits per heavy atom. The summed E-state index contributed by atoms with van der Waals surface area (Å²) in [4.78, 5) is 24.2. The summed E-state index contributed by atoms with van der Waals surface area (Å²) < 4.78 is 7.27. The maximum absolute atomic E-state index is 12.5. The van der Waals surface area contributed by atoms with E-state index in [0.29, 0.717) is 0 Å². The van der Waals surface area contributed by atoms with Gasteiger partial charge in [0.15, 0.2) is 0 Å². The highest BCUT2D eigenvalue weighted by Crippen LogP contribution is 2.44. The SMILES string of the molecule is O=C(NC(Cc1cc(I)ccc1Br)C(=O)O)OCC1c2ccccc2-c2ccccc21. The summed E-state index contributed by atoms with van der Waals surface area (Å²) in [5.41, 5.74) is 5.29. The van der Waals surface area contributed by atoms with Crippen LogP contribution in [0.3, 0.4) is 0 Å². The summed E-state index contributed by atoms with van der Waals surface area (Å²) in [5, 5.41) is 12.1. The number of halogens is 2. The van der Waals surface area contributed by atoms with Gasteiger partial charge < -0.3 is 15.2 Å². The lowest BCUT2D eigenvalue weighted by Gasteiger charge is -2.18. The van der Waals surface area contributed by atoms with Crippen LogP contribution >= 0.6 is 38.5 Å². The van der Waals surface area contributed by atoms with E-state index in [2.05, 4.69) is 56.0 Å². The Balaban J connectivity index is 1.45. The predicted octanol–water partition coefficient (Wildman–Crippen LogP) is 5.59. The topological polar surface area (TPSA) is 75.6 Å². The van der Waals surface area contributed by atoms with Crippen LogP contribution in [0.4, 0.5) is 4.79 Å². The molecule has 4 rings (SSSR count). The molecule has 0 aromatic heterocycles. The number of rotatable bonds is 6. The summed E-state index contributed by atoms with van der Waals surface area (Å²) in [7, 11) is 0. The van der Waals surface area contributed by atoms with Crippen molar-refractivity contribution in [3.63, 3.8) is 0 Å². The normalized spacial score (nSPS) is 13.2. The van der Waals surface area contributed by atoms with Crippen LogP contribution in [0.1, 0.15) is 22.6 Å². The second-order valence-electron chi connectivity index (χ2n) is 7.30. The highest BCUT2D eigenvalue weighted by atomic mass is 127. The number of hydrogen-bond donors (Lipinski definition) is 2. The van der Waals surface area contributed by atoms with E-state index in [1.165, 1.54) is 0 Å². The number of benzene rings is 3. The van der Waals surface area contributed by atoms with Crippen LogP contribution < -0.4 is 5.32 Å². The molecule has 0 spiro atoms. The average Bonchev–Trinajstić information content (AvgIpc) is 3.08. The maximum Gasteiger partial charge on any atom is 0.407 e. The van der Waals surface area contributed by atoms with Crippen LogP contribution in [0.25, 0.3) is 11.1 Å². The van der Waals surface area contributed by atoms with Crippen molar-refractivity contribution in [3.8, 4) is 11.1 Å². The molecule has 1 amide bonds. The minimum Gasteiger partial charge on any atom is -0.480 e. The number of carbonyl (C=O) groups is 2. The van der Waals surface area contributed by atoms with E-state index in [-0.39, 0.29) is 18.9 Å². The second kappa shape index (κ2) is 9.40. The summed E-state index contributed by atoms with van der Waals surface area (Å²) in [5.74, 6) is -1.19. The summed E-state index contributed by atoms with van der Waals surface area (Å²) in [6, 6.07) is 20.7. The van der Waals surface area contributed by atoms with Crippen molar-refractivity contribution in [2.24, 2.45) is 0 Å². The zero-order chi connectivity index (χ0) is 22.0. The third kappa shape index (κ3) is 4.77. The summed E-state index contributed by atoms with van der Waals surface area (Å²) >= 11 is 5.61. The Kier molecular flexibility index (Phi) is 6.62. The molecule has 3 aromatic rings. The van der Waals surface area contributed by atoms with Crippen molar-refractivity contribution in [3.05, 3.63) is 91.5 Å². The fourth-order valence-electron chi connectivity index (χ4n) is 3.90. The summed E-state index contributed by atoms with van der Waals surface area (Å²) in [6.45, 7) is 0.138. The zero-order valence-corrected chi connectivity index (χ0v) is 20.1. The van der Waals surface area contributed by atoms with Gasteiger partial charge in [0, 0.05) is 20.4 Å². The van der Waals surface area contributed by atoms with E-state index in [1.807, 2.05) is 54.6 Å². The van der Waals surface area contributed by atoms with E-state index in [0.717, 1.165) is 35.9 Å². The molecule has 1 atom stereocenters. The lowest BCUT2D eigenvalue weighted by Crippen LogP contribution is -2.43. The van der Waals surface area contributed by atoms with Crippen LogP contribution in [0.15, 0.2) is 71.2 Å². The molecule has 0 aliphatic heterocycles. The van der Waals surface area contributed by atoms with Gasteiger partial charge >= 0.3 is 12.1 Å². The number of fused-ring (bicyclic) bond motifs is 3. The van der Waals surface area contributed by atoms with Crippen molar-refractivity contribution >= 4 is 50.6 Å². The van der Waals surface area contributed by atoms with Gasteiger partial charge in [-0.05, 0) is 68.6 Å². The van der Waals surface area contributed by atoms with Gasteiger partial charge in [0.25, 0.3) is 0 Å². The Morgan fingerprint density at radius 1 is 1.03 bits per heavy atom. The number of amides is 1. The zero-order valence-electron chi connectivity index (χ0n) is 16.3. The van der Waals surface area contributed by atoms with Gasteiger partial charge in [-0.25, -0.2) is 9.59 Å². The van der Waals surface area contributed by atoms with E-state index in [1.54, 1.807) is 0 Å². The number of aliphatic carboxylic acids is 1. The number of nitrogens with one attached hydrogen (secondary N) is 1. The molecular weight excluding hydrogens is 573 g/mol. The lowest BCUT2D eigenvalue weighted by molar-refractivity contribution is -0.139. The molecule has 1 aliphatic rings. The van der Waals surface area contributed by atoms with E-state index in [9.17, 15) is 14.7 Å². The smallest absolute Gasteiger partial charge is 0.407 e. The number of carboxylic acid groups (broad SMARTS) is 1. The molecule has 3 aromatic carbocycles. The molecule has 1 unspecified atom stereocenters. The first kappa shape index (κ1) is 21.8. The molecule has 158 valence electrons. The summed E-state index contributed by atoms with van der Waals surface area (Å²) in [6.07, 6.45) is -0.590. The van der Waals surface area contributed by atoms with Crippen molar-refractivity contribution < 1.29 is 19.4 Å². The molecule has 0 bridgehead atoms. The van der Waals surface area contributed by atoms with Gasteiger partial charge in [-0.2, -0.15) is 0 Å². The van der Waals surface area contributed by atoms with Crippen LogP contribution in [0, 0.1) is 3.57 Å². The van der Waals surface area contributed by atoms with Crippen LogP contribution in [0.5, 0.6) is 0 Å². The molecule has 5 nitrogen and oxygen atoms in total. The minimum atomic E-state index is -1.11. The highest BCUT2D eigenvalue weighted by Gasteiger charge is 2.30. The molecule has 2 N–H and O–H groups in total. The van der Waals surface area contributed by atoms with Crippen LogP contribution in [-0.4, -0.2) is 29.8 Å². The minimum absolute atomic E-state index is 0.0775.